The van der Waals surface area contributed by atoms with Crippen molar-refractivity contribution in [2.75, 3.05) is 18.0 Å². The number of pyridine rings is 2. The highest BCUT2D eigenvalue weighted by Gasteiger charge is 2.36. The fourth-order valence-electron chi connectivity index (χ4n) is 4.86. The molecule has 168 valence electrons. The van der Waals surface area contributed by atoms with Crippen molar-refractivity contribution in [3.05, 3.63) is 52.7 Å². The lowest BCUT2D eigenvalue weighted by molar-refractivity contribution is 0.0991. The summed E-state index contributed by atoms with van der Waals surface area (Å²) in [5.41, 5.74) is 3.43. The molecule has 32 heavy (non-hydrogen) atoms. The number of anilines is 1. The largest absolute Gasteiger partial charge is 0.364 e. The first-order chi connectivity index (χ1) is 15.5. The molecule has 8 nitrogen and oxygen atoms in total. The highest BCUT2D eigenvalue weighted by Crippen LogP contribution is 2.33. The smallest absolute Gasteiger partial charge is 0.252 e. The van der Waals surface area contributed by atoms with Crippen LogP contribution in [-0.4, -0.2) is 49.4 Å². The van der Waals surface area contributed by atoms with Crippen LogP contribution in [0.2, 0.25) is 0 Å². The summed E-state index contributed by atoms with van der Waals surface area (Å²) in [6.07, 6.45) is 5.61. The standard InChI is InChI=1S/C24H31N7O/c1-5-18-15-31(19(6-2)14-30(18)17(3)20-9-7-8-11-26-20)21-13-23(32)28(4)22-16-29(12-10-25)27-24(21)22/h7-9,11,13,16-19H,5-6,12,14-15H2,1-4H3/t17?,18-,19+/m1/s1. The Morgan fingerprint density at radius 1 is 1.22 bits per heavy atom. The summed E-state index contributed by atoms with van der Waals surface area (Å²) >= 11 is 0. The van der Waals surface area contributed by atoms with E-state index in [9.17, 15) is 4.79 Å². The number of aryl methyl sites for hydroxylation is 1. The Morgan fingerprint density at radius 3 is 2.66 bits per heavy atom. The third-order valence-corrected chi connectivity index (χ3v) is 6.77. The molecule has 0 bridgehead atoms. The quantitative estimate of drug-likeness (QED) is 0.594. The van der Waals surface area contributed by atoms with E-state index in [1.165, 1.54) is 0 Å². The molecule has 8 heteroatoms. The first kappa shape index (κ1) is 22.0. The van der Waals surface area contributed by atoms with E-state index in [4.69, 9.17) is 5.26 Å². The van der Waals surface area contributed by atoms with Gasteiger partial charge in [0, 0.05) is 50.5 Å². The summed E-state index contributed by atoms with van der Waals surface area (Å²) in [5, 5.41) is 13.8. The molecule has 0 aromatic carbocycles. The van der Waals surface area contributed by atoms with Gasteiger partial charge in [-0.3, -0.25) is 19.4 Å². The van der Waals surface area contributed by atoms with Gasteiger partial charge < -0.3 is 9.47 Å². The van der Waals surface area contributed by atoms with Gasteiger partial charge in [-0.05, 0) is 31.9 Å². The van der Waals surface area contributed by atoms with Crippen LogP contribution in [0.25, 0.3) is 11.0 Å². The van der Waals surface area contributed by atoms with Crippen LogP contribution >= 0.6 is 0 Å². The minimum atomic E-state index is -0.0591. The van der Waals surface area contributed by atoms with Crippen molar-refractivity contribution in [1.82, 2.24) is 24.2 Å². The lowest BCUT2D eigenvalue weighted by atomic mass is 9.98. The third kappa shape index (κ3) is 3.89. The lowest BCUT2D eigenvalue weighted by Crippen LogP contribution is -2.58. The van der Waals surface area contributed by atoms with Crippen LogP contribution in [0.1, 0.15) is 45.3 Å². The summed E-state index contributed by atoms with van der Waals surface area (Å²) < 4.78 is 3.22. The Balaban J connectivity index is 1.74. The second-order valence-corrected chi connectivity index (χ2v) is 8.55. The van der Waals surface area contributed by atoms with Gasteiger partial charge in [0.2, 0.25) is 0 Å². The SMILES string of the molecule is CC[C@H]1CN(C(C)c2ccccn2)[C@H](CC)CN1c1cc(=O)n(C)c2cn(CC#N)nc12. The Bertz CT molecular complexity index is 1180. The summed E-state index contributed by atoms with van der Waals surface area (Å²) in [6.45, 7) is 8.51. The predicted molar refractivity (Wildman–Crippen MR) is 125 cm³/mol. The van der Waals surface area contributed by atoms with Gasteiger partial charge in [0.05, 0.1) is 29.2 Å². The van der Waals surface area contributed by atoms with E-state index in [-0.39, 0.29) is 24.2 Å². The summed E-state index contributed by atoms with van der Waals surface area (Å²) in [4.78, 5) is 22.3. The van der Waals surface area contributed by atoms with Gasteiger partial charge in [-0.1, -0.05) is 19.9 Å². The van der Waals surface area contributed by atoms with Gasteiger partial charge in [-0.2, -0.15) is 10.4 Å². The molecule has 1 unspecified atom stereocenters. The molecule has 4 rings (SSSR count). The number of aromatic nitrogens is 4. The van der Waals surface area contributed by atoms with Crippen molar-refractivity contribution >= 4 is 16.7 Å². The molecule has 0 N–H and O–H groups in total. The second-order valence-electron chi connectivity index (χ2n) is 8.55. The van der Waals surface area contributed by atoms with E-state index in [0.717, 1.165) is 48.3 Å². The first-order valence-electron chi connectivity index (χ1n) is 11.4. The highest BCUT2D eigenvalue weighted by atomic mass is 16.1. The van der Waals surface area contributed by atoms with Gasteiger partial charge in [0.15, 0.2) is 0 Å². The number of piperazine rings is 1. The zero-order chi connectivity index (χ0) is 22.8. The van der Waals surface area contributed by atoms with E-state index in [1.54, 1.807) is 28.6 Å². The molecule has 3 aromatic heterocycles. The van der Waals surface area contributed by atoms with Crippen molar-refractivity contribution in [2.45, 2.75) is 58.3 Å². The van der Waals surface area contributed by atoms with Crippen LogP contribution in [0.4, 0.5) is 5.69 Å². The molecule has 0 spiro atoms. The van der Waals surface area contributed by atoms with Gasteiger partial charge in [-0.25, -0.2) is 0 Å². The molecule has 1 fully saturated rings. The zero-order valence-electron chi connectivity index (χ0n) is 19.3. The number of fused-ring (bicyclic) bond motifs is 1. The Labute approximate surface area is 188 Å². The molecule has 0 saturated carbocycles. The maximum absolute atomic E-state index is 12.8. The Hall–Kier alpha value is -3.18. The highest BCUT2D eigenvalue weighted by molar-refractivity contribution is 5.88. The molecule has 4 heterocycles. The van der Waals surface area contributed by atoms with E-state index < -0.39 is 0 Å². The first-order valence-corrected chi connectivity index (χ1v) is 11.4. The van der Waals surface area contributed by atoms with Crippen LogP contribution in [0.3, 0.4) is 0 Å². The lowest BCUT2D eigenvalue weighted by Gasteiger charge is -2.49. The second kappa shape index (κ2) is 9.13. The third-order valence-electron chi connectivity index (χ3n) is 6.77. The normalized spacial score (nSPS) is 20.4. The molecular formula is C24H31N7O. The van der Waals surface area contributed by atoms with E-state index in [2.05, 4.69) is 52.8 Å². The van der Waals surface area contributed by atoms with Crippen LogP contribution in [-0.2, 0) is 13.6 Å². The molecule has 1 saturated heterocycles. The number of hydrogen-bond donors (Lipinski definition) is 0. The topological polar surface area (TPSA) is 83.0 Å². The van der Waals surface area contributed by atoms with Crippen LogP contribution in [0, 0.1) is 11.3 Å². The Morgan fingerprint density at radius 2 is 2.00 bits per heavy atom. The summed E-state index contributed by atoms with van der Waals surface area (Å²) in [7, 11) is 1.76. The van der Waals surface area contributed by atoms with Gasteiger partial charge in [0.25, 0.3) is 5.56 Å². The van der Waals surface area contributed by atoms with Crippen molar-refractivity contribution < 1.29 is 0 Å². The molecule has 1 aliphatic heterocycles. The van der Waals surface area contributed by atoms with Crippen molar-refractivity contribution in [2.24, 2.45) is 7.05 Å². The average molecular weight is 434 g/mol. The predicted octanol–water partition coefficient (Wildman–Crippen LogP) is 3.09. The Kier molecular flexibility index (Phi) is 6.28. The van der Waals surface area contributed by atoms with Crippen molar-refractivity contribution in [3.8, 4) is 6.07 Å². The fourth-order valence-corrected chi connectivity index (χ4v) is 4.86. The molecule has 0 aliphatic carbocycles. The average Bonchev–Trinajstić information content (AvgIpc) is 3.25. The van der Waals surface area contributed by atoms with Crippen molar-refractivity contribution in [3.63, 3.8) is 0 Å². The van der Waals surface area contributed by atoms with E-state index >= 15 is 0 Å². The maximum Gasteiger partial charge on any atom is 0.252 e. The van der Waals surface area contributed by atoms with E-state index in [1.807, 2.05) is 18.3 Å². The molecule has 1 aliphatic rings. The van der Waals surface area contributed by atoms with Gasteiger partial charge >= 0.3 is 0 Å². The van der Waals surface area contributed by atoms with Gasteiger partial charge in [0.1, 0.15) is 12.1 Å². The maximum atomic E-state index is 12.8. The number of rotatable bonds is 6. The van der Waals surface area contributed by atoms with E-state index in [0.29, 0.717) is 6.04 Å². The minimum Gasteiger partial charge on any atom is -0.364 e. The molecule has 0 radical (unpaired) electrons. The monoisotopic (exact) mass is 433 g/mol. The van der Waals surface area contributed by atoms with Crippen LogP contribution < -0.4 is 10.5 Å². The minimum absolute atomic E-state index is 0.0591. The zero-order valence-corrected chi connectivity index (χ0v) is 19.3. The summed E-state index contributed by atoms with van der Waals surface area (Å²) in [5.74, 6) is 0. The fraction of sp³-hybridized carbons (Fsp3) is 0.500. The molecule has 0 amide bonds. The number of hydrogen-bond acceptors (Lipinski definition) is 6. The van der Waals surface area contributed by atoms with Crippen LogP contribution in [0.15, 0.2) is 41.5 Å². The molecular weight excluding hydrogens is 402 g/mol. The van der Waals surface area contributed by atoms with Crippen molar-refractivity contribution in [1.29, 1.82) is 5.26 Å². The molecule has 3 atom stereocenters. The number of nitrogens with zero attached hydrogens (tertiary/aromatic N) is 7. The van der Waals surface area contributed by atoms with Gasteiger partial charge in [-0.15, -0.1) is 0 Å². The van der Waals surface area contributed by atoms with Crippen LogP contribution in [0.5, 0.6) is 0 Å². The number of nitriles is 1. The summed E-state index contributed by atoms with van der Waals surface area (Å²) in [6, 6.07) is 10.7. The molecule has 3 aromatic rings.